The highest BCUT2D eigenvalue weighted by Gasteiger charge is 2.30. The number of carbonyl (C=O) groups excluding carboxylic acids is 1. The van der Waals surface area contributed by atoms with Gasteiger partial charge < -0.3 is 14.9 Å². The molecule has 0 aliphatic carbocycles. The van der Waals surface area contributed by atoms with Crippen molar-refractivity contribution in [1.82, 2.24) is 29.9 Å². The SMILES string of the molecule is CC(C)c1nc2c(c(-c3ccc(F)cc3)c1C=O)CCN(C)c1nccnc1-2.CC(C)c1nc2c(c(-c3ccc(F)cc3)c1CO)CCN(C)c1nccnc1-2.ClCCl. The van der Waals surface area contributed by atoms with Crippen molar-refractivity contribution in [1.29, 1.82) is 0 Å². The van der Waals surface area contributed by atoms with Gasteiger partial charge in [0.25, 0.3) is 0 Å². The van der Waals surface area contributed by atoms with Gasteiger partial charge in [-0.15, -0.1) is 23.2 Å². The molecule has 0 saturated carbocycles. The molecule has 0 fully saturated rings. The Morgan fingerprint density at radius 2 is 1.07 bits per heavy atom. The van der Waals surface area contributed by atoms with E-state index in [0.717, 1.165) is 92.6 Å². The molecule has 4 aromatic heterocycles. The van der Waals surface area contributed by atoms with E-state index in [9.17, 15) is 18.7 Å². The first-order valence-electron chi connectivity index (χ1n) is 19.3. The summed E-state index contributed by atoms with van der Waals surface area (Å²) in [6.45, 7) is 9.48. The Labute approximate surface area is 353 Å². The number of aliphatic hydroxyl groups is 1. The lowest BCUT2D eigenvalue weighted by molar-refractivity contribution is 0.112. The summed E-state index contributed by atoms with van der Waals surface area (Å²) in [4.78, 5) is 44.3. The molecule has 59 heavy (non-hydrogen) atoms. The minimum atomic E-state index is -0.309. The molecule has 8 rings (SSSR count). The molecule has 2 aliphatic rings. The largest absolute Gasteiger partial charge is 0.392 e. The Hall–Kier alpha value is -5.43. The molecule has 0 bridgehead atoms. The van der Waals surface area contributed by atoms with E-state index in [1.807, 2.05) is 32.8 Å². The predicted octanol–water partition coefficient (Wildman–Crippen LogP) is 9.65. The van der Waals surface area contributed by atoms with Gasteiger partial charge in [-0.3, -0.25) is 9.78 Å². The van der Waals surface area contributed by atoms with Crippen molar-refractivity contribution in [2.75, 3.05) is 42.3 Å². The quantitative estimate of drug-likeness (QED) is 0.128. The number of pyridine rings is 2. The number of alkyl halides is 2. The van der Waals surface area contributed by atoms with Crippen molar-refractivity contribution < 1.29 is 18.7 Å². The number of hydrogen-bond donors (Lipinski definition) is 1. The number of carbonyl (C=O) groups is 1. The van der Waals surface area contributed by atoms with Crippen LogP contribution in [0.5, 0.6) is 0 Å². The standard InChI is InChI=1S/C22H23FN4O.C22H21FN4O.CH2Cl2/c2*1-13(2)19-17(12-28)18(14-4-6-15(23)7-5-14)16-8-11-27(3)22-21(20(16)26-19)24-9-10-25-22;2-1-3/h4-7,9-10,13,28H,8,11-12H2,1-3H3;4-7,9-10,12-13H,8,11H2,1-3H3;1H2. The molecule has 2 aromatic carbocycles. The van der Waals surface area contributed by atoms with E-state index in [0.29, 0.717) is 29.9 Å². The van der Waals surface area contributed by atoms with Gasteiger partial charge >= 0.3 is 0 Å². The van der Waals surface area contributed by atoms with Crippen molar-refractivity contribution in [3.05, 3.63) is 119 Å². The fourth-order valence-corrected chi connectivity index (χ4v) is 7.65. The van der Waals surface area contributed by atoms with Crippen LogP contribution in [-0.2, 0) is 19.4 Å². The minimum absolute atomic E-state index is 0.0470. The first-order chi connectivity index (χ1) is 28.4. The Morgan fingerprint density at radius 3 is 1.49 bits per heavy atom. The summed E-state index contributed by atoms with van der Waals surface area (Å²) in [6.07, 6.45) is 8.97. The molecule has 0 amide bonds. The summed E-state index contributed by atoms with van der Waals surface area (Å²) < 4.78 is 27.1. The number of benzene rings is 2. The average molecular weight is 840 g/mol. The fourth-order valence-electron chi connectivity index (χ4n) is 7.65. The van der Waals surface area contributed by atoms with Crippen molar-refractivity contribution in [2.45, 2.75) is 59.0 Å². The van der Waals surface area contributed by atoms with Gasteiger partial charge in [-0.2, -0.15) is 0 Å². The van der Waals surface area contributed by atoms with Gasteiger partial charge in [-0.05, 0) is 82.3 Å². The molecule has 6 aromatic rings. The Balaban J connectivity index is 0.000000186. The molecular formula is C45H46Cl2F2N8O2. The second-order valence-corrected chi connectivity index (χ2v) is 15.6. The number of nitrogens with zero attached hydrogens (tertiary/aromatic N) is 8. The van der Waals surface area contributed by atoms with Crippen LogP contribution in [0.4, 0.5) is 20.4 Å². The smallest absolute Gasteiger partial charge is 0.156 e. The summed E-state index contributed by atoms with van der Waals surface area (Å²) in [6, 6.07) is 12.7. The maximum atomic E-state index is 13.6. The van der Waals surface area contributed by atoms with Gasteiger partial charge in [-0.25, -0.2) is 33.7 Å². The minimum Gasteiger partial charge on any atom is -0.392 e. The molecule has 306 valence electrons. The number of likely N-dealkylation sites (N-methyl/N-ethyl adjacent to an activating group) is 2. The van der Waals surface area contributed by atoms with Gasteiger partial charge in [0.2, 0.25) is 0 Å². The lowest BCUT2D eigenvalue weighted by Gasteiger charge is -2.21. The van der Waals surface area contributed by atoms with Crippen LogP contribution in [0.3, 0.4) is 0 Å². The number of hydrogen-bond acceptors (Lipinski definition) is 10. The van der Waals surface area contributed by atoms with Gasteiger partial charge in [0.1, 0.15) is 23.0 Å². The number of fused-ring (bicyclic) bond motifs is 6. The molecule has 6 heterocycles. The van der Waals surface area contributed by atoms with Crippen LogP contribution in [0.15, 0.2) is 73.3 Å². The highest BCUT2D eigenvalue weighted by molar-refractivity contribution is 6.40. The first-order valence-corrected chi connectivity index (χ1v) is 20.4. The maximum absolute atomic E-state index is 13.6. The number of rotatable bonds is 6. The summed E-state index contributed by atoms with van der Waals surface area (Å²) >= 11 is 9.53. The molecular weight excluding hydrogens is 793 g/mol. The van der Waals surface area contributed by atoms with Gasteiger partial charge in [0.05, 0.1) is 29.0 Å². The first kappa shape index (κ1) is 43.2. The van der Waals surface area contributed by atoms with E-state index in [1.165, 1.54) is 24.3 Å². The third-order valence-corrected chi connectivity index (χ3v) is 10.4. The molecule has 10 nitrogen and oxygen atoms in total. The molecule has 0 unspecified atom stereocenters. The van der Waals surface area contributed by atoms with Gasteiger partial charge in [0.15, 0.2) is 17.9 Å². The van der Waals surface area contributed by atoms with Crippen molar-refractivity contribution in [2.24, 2.45) is 0 Å². The number of halogens is 4. The molecule has 0 spiro atoms. The van der Waals surface area contributed by atoms with Crippen LogP contribution in [0, 0.1) is 11.6 Å². The topological polar surface area (TPSA) is 121 Å². The molecule has 0 atom stereocenters. The Bertz CT molecular complexity index is 2430. The van der Waals surface area contributed by atoms with Crippen molar-refractivity contribution >= 4 is 41.1 Å². The van der Waals surface area contributed by atoms with Crippen molar-refractivity contribution in [3.63, 3.8) is 0 Å². The molecule has 2 aliphatic heterocycles. The van der Waals surface area contributed by atoms with Crippen LogP contribution in [-0.4, -0.2) is 73.8 Å². The lowest BCUT2D eigenvalue weighted by Crippen LogP contribution is -2.20. The highest BCUT2D eigenvalue weighted by Crippen LogP contribution is 2.42. The zero-order valence-corrected chi connectivity index (χ0v) is 35.4. The zero-order valence-electron chi connectivity index (χ0n) is 33.8. The van der Waals surface area contributed by atoms with Gasteiger partial charge in [0, 0.05) is 68.8 Å². The monoisotopic (exact) mass is 838 g/mol. The maximum Gasteiger partial charge on any atom is 0.156 e. The third kappa shape index (κ3) is 8.95. The normalized spacial score (nSPS) is 12.8. The van der Waals surface area contributed by atoms with Crippen LogP contribution < -0.4 is 9.80 Å². The zero-order chi connectivity index (χ0) is 42.4. The van der Waals surface area contributed by atoms with Crippen LogP contribution in [0.2, 0.25) is 0 Å². The average Bonchev–Trinajstić information content (AvgIpc) is 3.47. The van der Waals surface area contributed by atoms with E-state index >= 15 is 0 Å². The number of aldehydes is 1. The van der Waals surface area contributed by atoms with E-state index < -0.39 is 0 Å². The third-order valence-electron chi connectivity index (χ3n) is 10.4. The number of aliphatic hydroxyl groups excluding tert-OH is 1. The Kier molecular flexibility index (Phi) is 14.0. The highest BCUT2D eigenvalue weighted by atomic mass is 35.5. The van der Waals surface area contributed by atoms with Crippen LogP contribution in [0.1, 0.15) is 78.0 Å². The fraction of sp³-hybridized carbons (Fsp3) is 0.311. The molecule has 1 N–H and O–H groups in total. The van der Waals surface area contributed by atoms with E-state index in [4.69, 9.17) is 33.2 Å². The summed E-state index contributed by atoms with van der Waals surface area (Å²) in [7, 11) is 3.97. The summed E-state index contributed by atoms with van der Waals surface area (Å²) in [5, 5.41) is 10.4. The second kappa shape index (κ2) is 19.1. The number of aromatic nitrogens is 6. The van der Waals surface area contributed by atoms with E-state index in [1.54, 1.807) is 49.1 Å². The van der Waals surface area contributed by atoms with Crippen molar-refractivity contribution in [3.8, 4) is 45.0 Å². The Morgan fingerprint density at radius 1 is 0.661 bits per heavy atom. The second-order valence-electron chi connectivity index (χ2n) is 14.8. The molecule has 0 radical (unpaired) electrons. The van der Waals surface area contributed by atoms with Crippen LogP contribution >= 0.6 is 23.2 Å². The van der Waals surface area contributed by atoms with E-state index in [2.05, 4.69) is 38.7 Å². The molecule has 14 heteroatoms. The summed E-state index contributed by atoms with van der Waals surface area (Å²) in [5.41, 5.74) is 11.3. The van der Waals surface area contributed by atoms with Crippen LogP contribution in [0.25, 0.3) is 45.0 Å². The van der Waals surface area contributed by atoms with E-state index in [-0.39, 0.29) is 35.4 Å². The lowest BCUT2D eigenvalue weighted by atomic mass is 9.88. The number of anilines is 2. The molecule has 0 saturated heterocycles. The summed E-state index contributed by atoms with van der Waals surface area (Å²) in [5.74, 6) is 1.14. The van der Waals surface area contributed by atoms with Gasteiger partial charge in [-0.1, -0.05) is 52.0 Å². The predicted molar refractivity (Wildman–Crippen MR) is 231 cm³/mol.